The van der Waals surface area contributed by atoms with E-state index in [0.29, 0.717) is 22.7 Å². The molecule has 2 aromatic carbocycles. The minimum absolute atomic E-state index is 0.128. The molecule has 0 saturated heterocycles. The van der Waals surface area contributed by atoms with E-state index in [9.17, 15) is 0 Å². The second kappa shape index (κ2) is 8.52. The lowest BCUT2D eigenvalue weighted by molar-refractivity contribution is 0.415. The summed E-state index contributed by atoms with van der Waals surface area (Å²) in [4.78, 5) is 12.8. The summed E-state index contributed by atoms with van der Waals surface area (Å²) in [6, 6.07) is 17.1. The molecule has 29 heavy (non-hydrogen) atoms. The number of tetrazole rings is 1. The Bertz CT molecular complexity index is 1100. The van der Waals surface area contributed by atoms with E-state index in [1.54, 1.807) is 11.8 Å². The molecular formula is C18H17N9OS. The van der Waals surface area contributed by atoms with E-state index in [-0.39, 0.29) is 5.95 Å². The van der Waals surface area contributed by atoms with E-state index in [0.717, 1.165) is 17.1 Å². The van der Waals surface area contributed by atoms with E-state index in [2.05, 4.69) is 35.8 Å². The molecule has 0 spiro atoms. The van der Waals surface area contributed by atoms with Gasteiger partial charge in [0.05, 0.1) is 18.6 Å². The van der Waals surface area contributed by atoms with Gasteiger partial charge in [0.2, 0.25) is 17.1 Å². The van der Waals surface area contributed by atoms with Gasteiger partial charge in [-0.05, 0) is 34.7 Å². The molecular weight excluding hydrogens is 390 g/mol. The van der Waals surface area contributed by atoms with Crippen molar-refractivity contribution in [3.05, 3.63) is 60.4 Å². The molecule has 0 aliphatic carbocycles. The zero-order chi connectivity index (χ0) is 20.1. The van der Waals surface area contributed by atoms with Crippen molar-refractivity contribution >= 4 is 29.3 Å². The van der Waals surface area contributed by atoms with Gasteiger partial charge in [0.25, 0.3) is 0 Å². The van der Waals surface area contributed by atoms with Gasteiger partial charge in [-0.15, -0.1) is 5.10 Å². The number of nitrogens with zero attached hydrogens (tertiary/aromatic N) is 7. The number of anilines is 3. The number of rotatable bonds is 7. The molecule has 0 atom stereocenters. The lowest BCUT2D eigenvalue weighted by Crippen LogP contribution is -2.07. The third-order valence-corrected chi connectivity index (χ3v) is 4.71. The molecule has 0 amide bonds. The number of nitrogen functional groups attached to an aromatic ring is 1. The normalized spacial score (nSPS) is 10.7. The Morgan fingerprint density at radius 2 is 1.93 bits per heavy atom. The fourth-order valence-corrected chi connectivity index (χ4v) is 3.26. The smallest absolute Gasteiger partial charge is 0.232 e. The molecule has 0 unspecified atom stereocenters. The topological polar surface area (TPSA) is 130 Å². The van der Waals surface area contributed by atoms with Gasteiger partial charge in [-0.1, -0.05) is 36.0 Å². The van der Waals surface area contributed by atoms with Crippen LogP contribution in [-0.2, 0) is 5.75 Å². The summed E-state index contributed by atoms with van der Waals surface area (Å²) >= 11 is 1.40. The van der Waals surface area contributed by atoms with Gasteiger partial charge >= 0.3 is 0 Å². The highest BCUT2D eigenvalue weighted by Gasteiger charge is 2.12. The van der Waals surface area contributed by atoms with Crippen LogP contribution in [0.1, 0.15) is 5.82 Å². The molecule has 4 aromatic rings. The van der Waals surface area contributed by atoms with Crippen LogP contribution in [0, 0.1) is 0 Å². The third-order valence-electron chi connectivity index (χ3n) is 3.80. The van der Waals surface area contributed by atoms with Crippen LogP contribution >= 0.6 is 11.8 Å². The zero-order valence-corrected chi connectivity index (χ0v) is 16.2. The number of para-hydroxylation sites is 1. The number of nitrogens with one attached hydrogen (secondary N) is 1. The van der Waals surface area contributed by atoms with Crippen molar-refractivity contribution in [1.82, 2.24) is 35.2 Å². The Hall–Kier alpha value is -3.73. The van der Waals surface area contributed by atoms with Crippen molar-refractivity contribution in [2.45, 2.75) is 10.9 Å². The summed E-state index contributed by atoms with van der Waals surface area (Å²) < 4.78 is 6.88. The first kappa shape index (κ1) is 18.6. The van der Waals surface area contributed by atoms with Crippen LogP contribution in [0.25, 0.3) is 5.69 Å². The van der Waals surface area contributed by atoms with E-state index in [1.165, 1.54) is 11.8 Å². The van der Waals surface area contributed by atoms with Gasteiger partial charge in [-0.2, -0.15) is 19.6 Å². The average molecular weight is 407 g/mol. The summed E-state index contributed by atoms with van der Waals surface area (Å²) in [6.07, 6.45) is 0. The lowest BCUT2D eigenvalue weighted by atomic mass is 10.3. The number of thioether (sulfide) groups is 1. The second-order valence-electron chi connectivity index (χ2n) is 5.79. The van der Waals surface area contributed by atoms with E-state index < -0.39 is 0 Å². The largest absolute Gasteiger partial charge is 0.497 e. The fraction of sp³-hybridized carbons (Fsp3) is 0.111. The standard InChI is InChI=1S/C18H17N9OS/c1-28-14-9-5-6-12(10-14)20-17-22-15(21-16(19)23-17)11-29-18-24-25-26-27(18)13-7-3-2-4-8-13/h2-10H,11H2,1H3,(H3,19,20,21,22,23). The van der Waals surface area contributed by atoms with Crippen LogP contribution in [0.15, 0.2) is 59.8 Å². The Morgan fingerprint density at radius 3 is 2.76 bits per heavy atom. The fourth-order valence-electron chi connectivity index (χ4n) is 2.52. The van der Waals surface area contributed by atoms with Crippen molar-refractivity contribution in [3.63, 3.8) is 0 Å². The Kier molecular flexibility index (Phi) is 5.47. The van der Waals surface area contributed by atoms with Gasteiger partial charge in [0.15, 0.2) is 0 Å². The van der Waals surface area contributed by atoms with Crippen LogP contribution in [0.4, 0.5) is 17.6 Å². The summed E-state index contributed by atoms with van der Waals surface area (Å²) in [6.45, 7) is 0. The second-order valence-corrected chi connectivity index (χ2v) is 6.73. The first-order valence-corrected chi connectivity index (χ1v) is 9.58. The quantitative estimate of drug-likeness (QED) is 0.441. The highest BCUT2D eigenvalue weighted by molar-refractivity contribution is 7.98. The number of benzene rings is 2. The molecule has 146 valence electrons. The molecule has 10 nitrogen and oxygen atoms in total. The van der Waals surface area contributed by atoms with E-state index >= 15 is 0 Å². The summed E-state index contributed by atoms with van der Waals surface area (Å²) in [5.41, 5.74) is 7.51. The van der Waals surface area contributed by atoms with Crippen molar-refractivity contribution in [3.8, 4) is 11.4 Å². The van der Waals surface area contributed by atoms with Crippen LogP contribution in [-0.4, -0.2) is 42.3 Å². The van der Waals surface area contributed by atoms with Gasteiger partial charge < -0.3 is 15.8 Å². The first-order valence-electron chi connectivity index (χ1n) is 8.59. The summed E-state index contributed by atoms with van der Waals surface area (Å²) in [7, 11) is 1.61. The van der Waals surface area contributed by atoms with Crippen molar-refractivity contribution in [2.24, 2.45) is 0 Å². The van der Waals surface area contributed by atoms with Crippen molar-refractivity contribution < 1.29 is 4.74 Å². The maximum atomic E-state index is 5.86. The average Bonchev–Trinajstić information content (AvgIpc) is 3.21. The molecule has 0 bridgehead atoms. The predicted octanol–water partition coefficient (Wildman–Crippen LogP) is 2.47. The van der Waals surface area contributed by atoms with Crippen LogP contribution in [0.5, 0.6) is 5.75 Å². The van der Waals surface area contributed by atoms with Gasteiger partial charge in [0.1, 0.15) is 11.6 Å². The molecule has 0 fully saturated rings. The molecule has 0 radical (unpaired) electrons. The number of ether oxygens (including phenoxy) is 1. The Labute approximate surface area is 170 Å². The first-order chi connectivity index (χ1) is 14.2. The zero-order valence-electron chi connectivity index (χ0n) is 15.4. The molecule has 2 aromatic heterocycles. The number of nitrogens with two attached hydrogens (primary N) is 1. The maximum Gasteiger partial charge on any atom is 0.232 e. The van der Waals surface area contributed by atoms with E-state index in [4.69, 9.17) is 10.5 Å². The highest BCUT2D eigenvalue weighted by Crippen LogP contribution is 2.23. The molecule has 2 heterocycles. The molecule has 0 aliphatic rings. The van der Waals surface area contributed by atoms with Crippen molar-refractivity contribution in [1.29, 1.82) is 0 Å². The molecule has 0 aliphatic heterocycles. The lowest BCUT2D eigenvalue weighted by Gasteiger charge is -2.08. The van der Waals surface area contributed by atoms with Crippen molar-refractivity contribution in [2.75, 3.05) is 18.2 Å². The monoisotopic (exact) mass is 407 g/mol. The number of hydrogen-bond acceptors (Lipinski definition) is 10. The number of methoxy groups -OCH3 is 1. The summed E-state index contributed by atoms with van der Waals surface area (Å²) in [5, 5.41) is 15.6. The Balaban J connectivity index is 1.50. The highest BCUT2D eigenvalue weighted by atomic mass is 32.2. The van der Waals surface area contributed by atoms with Gasteiger partial charge in [0, 0.05) is 11.8 Å². The molecule has 3 N–H and O–H groups in total. The SMILES string of the molecule is COc1cccc(Nc2nc(N)nc(CSc3nnnn3-c3ccccc3)n2)c1. The van der Waals surface area contributed by atoms with Crippen LogP contribution < -0.4 is 15.8 Å². The number of aromatic nitrogens is 7. The maximum absolute atomic E-state index is 5.86. The minimum Gasteiger partial charge on any atom is -0.497 e. The minimum atomic E-state index is 0.128. The van der Waals surface area contributed by atoms with Crippen LogP contribution in [0.2, 0.25) is 0 Å². The van der Waals surface area contributed by atoms with Gasteiger partial charge in [-0.3, -0.25) is 0 Å². The number of hydrogen-bond donors (Lipinski definition) is 2. The third kappa shape index (κ3) is 4.58. The predicted molar refractivity (Wildman–Crippen MR) is 109 cm³/mol. The van der Waals surface area contributed by atoms with Crippen LogP contribution in [0.3, 0.4) is 0 Å². The molecule has 0 saturated carbocycles. The van der Waals surface area contributed by atoms with Gasteiger partial charge in [-0.25, -0.2) is 0 Å². The van der Waals surface area contributed by atoms with E-state index in [1.807, 2.05) is 54.6 Å². The molecule has 4 rings (SSSR count). The Morgan fingerprint density at radius 1 is 1.07 bits per heavy atom. The molecule has 11 heteroatoms. The summed E-state index contributed by atoms with van der Waals surface area (Å²) in [5.74, 6) is 2.14.